The molecule has 88 valence electrons. The highest BCUT2D eigenvalue weighted by Gasteiger charge is 2.30. The summed E-state index contributed by atoms with van der Waals surface area (Å²) in [5, 5.41) is 0.826. The zero-order valence-corrected chi connectivity index (χ0v) is 10.9. The third-order valence-corrected chi connectivity index (χ3v) is 4.97. The zero-order valence-electron chi connectivity index (χ0n) is 10.1. The fourth-order valence-corrected chi connectivity index (χ4v) is 3.08. The summed E-state index contributed by atoms with van der Waals surface area (Å²) in [6.07, 6.45) is 6.45. The Bertz CT molecular complexity index is 198. The zero-order chi connectivity index (χ0) is 10.7. The van der Waals surface area contributed by atoms with E-state index in [1.54, 1.807) is 0 Å². The molecule has 2 fully saturated rings. The van der Waals surface area contributed by atoms with Crippen molar-refractivity contribution in [2.24, 2.45) is 0 Å². The van der Waals surface area contributed by atoms with Gasteiger partial charge in [0.2, 0.25) is 0 Å². The third kappa shape index (κ3) is 3.11. The normalized spacial score (nSPS) is 30.4. The van der Waals surface area contributed by atoms with E-state index in [1.807, 2.05) is 11.8 Å². The maximum absolute atomic E-state index is 2.69. The summed E-state index contributed by atoms with van der Waals surface area (Å²) in [6.45, 7) is 8.97. The molecule has 2 rings (SSSR count). The minimum absolute atomic E-state index is 0.826. The highest BCUT2D eigenvalue weighted by molar-refractivity contribution is 7.99. The Labute approximate surface area is 98.4 Å². The van der Waals surface area contributed by atoms with Gasteiger partial charge in [-0.25, -0.2) is 0 Å². The summed E-state index contributed by atoms with van der Waals surface area (Å²) >= 11 is 2.00. The molecule has 0 bridgehead atoms. The summed E-state index contributed by atoms with van der Waals surface area (Å²) in [7, 11) is 0. The fourth-order valence-electron chi connectivity index (χ4n) is 2.74. The molecular formula is C12H24N2S. The van der Waals surface area contributed by atoms with E-state index in [9.17, 15) is 0 Å². The summed E-state index contributed by atoms with van der Waals surface area (Å²) in [5.41, 5.74) is 0. The molecule has 2 saturated heterocycles. The van der Waals surface area contributed by atoms with Crippen LogP contribution in [0.3, 0.4) is 0 Å². The van der Waals surface area contributed by atoms with E-state index in [0.29, 0.717) is 0 Å². The van der Waals surface area contributed by atoms with Gasteiger partial charge in [0.05, 0.1) is 0 Å². The second-order valence-electron chi connectivity index (χ2n) is 4.97. The van der Waals surface area contributed by atoms with Crippen LogP contribution in [0.5, 0.6) is 0 Å². The lowest BCUT2D eigenvalue weighted by Gasteiger charge is -2.37. The molecule has 0 N–H and O–H groups in total. The van der Waals surface area contributed by atoms with E-state index in [-0.39, 0.29) is 0 Å². The van der Waals surface area contributed by atoms with Gasteiger partial charge in [0.15, 0.2) is 0 Å². The van der Waals surface area contributed by atoms with E-state index < -0.39 is 0 Å². The quantitative estimate of drug-likeness (QED) is 0.726. The number of fused-ring (bicyclic) bond motifs is 1. The van der Waals surface area contributed by atoms with Crippen LogP contribution >= 0.6 is 11.8 Å². The van der Waals surface area contributed by atoms with Crippen LogP contribution in [0.25, 0.3) is 0 Å². The Hall–Kier alpha value is 0.270. The maximum atomic E-state index is 2.69. The van der Waals surface area contributed by atoms with Crippen molar-refractivity contribution < 1.29 is 0 Å². The first-order chi connectivity index (χ1) is 7.29. The Kier molecular flexibility index (Phi) is 4.35. The van der Waals surface area contributed by atoms with Crippen molar-refractivity contribution in [2.45, 2.75) is 37.5 Å². The minimum Gasteiger partial charge on any atom is -0.300 e. The van der Waals surface area contributed by atoms with Gasteiger partial charge in [-0.3, -0.25) is 4.90 Å². The molecule has 2 aliphatic heterocycles. The summed E-state index contributed by atoms with van der Waals surface area (Å²) in [5.74, 6) is 0. The van der Waals surface area contributed by atoms with Gasteiger partial charge in [-0.1, -0.05) is 6.92 Å². The van der Waals surface area contributed by atoms with Gasteiger partial charge in [0, 0.05) is 30.9 Å². The standard InChI is InChI=1S/C12H24N2S/c1-11(15-2)5-7-13-8-9-14-6-3-4-12(14)10-13/h11-12H,3-10H2,1-2H3. The lowest BCUT2D eigenvalue weighted by atomic mass is 10.1. The first-order valence-corrected chi connectivity index (χ1v) is 7.57. The molecule has 2 nitrogen and oxygen atoms in total. The molecule has 2 unspecified atom stereocenters. The van der Waals surface area contributed by atoms with Gasteiger partial charge in [0.25, 0.3) is 0 Å². The van der Waals surface area contributed by atoms with E-state index in [1.165, 1.54) is 52.0 Å². The van der Waals surface area contributed by atoms with Crippen molar-refractivity contribution in [1.29, 1.82) is 0 Å². The van der Waals surface area contributed by atoms with E-state index >= 15 is 0 Å². The number of thioether (sulfide) groups is 1. The van der Waals surface area contributed by atoms with E-state index in [4.69, 9.17) is 0 Å². The van der Waals surface area contributed by atoms with Gasteiger partial charge in [-0.05, 0) is 38.6 Å². The molecule has 0 saturated carbocycles. The number of hydrogen-bond donors (Lipinski definition) is 0. The predicted molar refractivity (Wildman–Crippen MR) is 68.6 cm³/mol. The van der Waals surface area contributed by atoms with Crippen LogP contribution in [-0.2, 0) is 0 Å². The van der Waals surface area contributed by atoms with Gasteiger partial charge >= 0.3 is 0 Å². The number of nitrogens with zero attached hydrogens (tertiary/aromatic N) is 2. The highest BCUT2D eigenvalue weighted by atomic mass is 32.2. The van der Waals surface area contributed by atoms with E-state index in [0.717, 1.165) is 11.3 Å². The molecule has 2 aliphatic rings. The monoisotopic (exact) mass is 228 g/mol. The summed E-state index contributed by atoms with van der Waals surface area (Å²) in [6, 6.07) is 0.892. The lowest BCUT2D eigenvalue weighted by molar-refractivity contribution is 0.104. The van der Waals surface area contributed by atoms with Crippen LogP contribution in [0.2, 0.25) is 0 Å². The number of piperazine rings is 1. The molecule has 0 radical (unpaired) electrons. The second-order valence-corrected chi connectivity index (χ2v) is 6.24. The van der Waals surface area contributed by atoms with Crippen molar-refractivity contribution in [3.63, 3.8) is 0 Å². The fraction of sp³-hybridized carbons (Fsp3) is 1.00. The molecule has 0 spiro atoms. The maximum Gasteiger partial charge on any atom is 0.0224 e. The molecule has 2 heterocycles. The molecule has 3 heteroatoms. The Morgan fingerprint density at radius 1 is 1.33 bits per heavy atom. The van der Waals surface area contributed by atoms with Gasteiger partial charge in [-0.15, -0.1) is 0 Å². The molecule has 0 aromatic carbocycles. The first-order valence-electron chi connectivity index (χ1n) is 6.29. The van der Waals surface area contributed by atoms with Crippen LogP contribution in [0, 0.1) is 0 Å². The molecule has 15 heavy (non-hydrogen) atoms. The average molecular weight is 228 g/mol. The predicted octanol–water partition coefficient (Wildman–Crippen LogP) is 1.91. The Balaban J connectivity index is 1.71. The average Bonchev–Trinajstić information content (AvgIpc) is 2.72. The largest absolute Gasteiger partial charge is 0.300 e. The van der Waals surface area contributed by atoms with Crippen molar-refractivity contribution in [2.75, 3.05) is 39.0 Å². The van der Waals surface area contributed by atoms with Crippen LogP contribution < -0.4 is 0 Å². The van der Waals surface area contributed by atoms with Crippen molar-refractivity contribution >= 4 is 11.8 Å². The van der Waals surface area contributed by atoms with Crippen molar-refractivity contribution in [3.8, 4) is 0 Å². The summed E-state index contributed by atoms with van der Waals surface area (Å²) < 4.78 is 0. The Morgan fingerprint density at radius 2 is 2.20 bits per heavy atom. The third-order valence-electron chi connectivity index (χ3n) is 3.93. The van der Waals surface area contributed by atoms with Crippen LogP contribution in [0.1, 0.15) is 26.2 Å². The smallest absolute Gasteiger partial charge is 0.0224 e. The second kappa shape index (κ2) is 5.55. The van der Waals surface area contributed by atoms with Crippen LogP contribution in [-0.4, -0.2) is 60.1 Å². The topological polar surface area (TPSA) is 6.48 Å². The molecule has 0 aliphatic carbocycles. The first kappa shape index (κ1) is 11.7. The number of hydrogen-bond acceptors (Lipinski definition) is 3. The Morgan fingerprint density at radius 3 is 3.00 bits per heavy atom. The molecule has 0 aromatic heterocycles. The highest BCUT2D eigenvalue weighted by Crippen LogP contribution is 2.22. The van der Waals surface area contributed by atoms with Gasteiger partial charge in [-0.2, -0.15) is 11.8 Å². The van der Waals surface area contributed by atoms with Gasteiger partial charge in [0.1, 0.15) is 0 Å². The van der Waals surface area contributed by atoms with Crippen LogP contribution in [0.15, 0.2) is 0 Å². The SMILES string of the molecule is CSC(C)CCN1CCN2CCCC2C1. The van der Waals surface area contributed by atoms with Crippen LogP contribution in [0.4, 0.5) is 0 Å². The molecule has 0 aromatic rings. The number of rotatable bonds is 4. The molecule has 2 atom stereocenters. The molecule has 0 amide bonds. The summed E-state index contributed by atoms with van der Waals surface area (Å²) in [4.78, 5) is 5.37. The lowest BCUT2D eigenvalue weighted by Crippen LogP contribution is -2.50. The van der Waals surface area contributed by atoms with Gasteiger partial charge < -0.3 is 4.90 Å². The van der Waals surface area contributed by atoms with Crippen molar-refractivity contribution in [3.05, 3.63) is 0 Å². The molecular weight excluding hydrogens is 204 g/mol. The minimum atomic E-state index is 0.826. The van der Waals surface area contributed by atoms with E-state index in [2.05, 4.69) is 23.0 Å². The van der Waals surface area contributed by atoms with Crippen molar-refractivity contribution in [1.82, 2.24) is 9.80 Å².